The van der Waals surface area contributed by atoms with Gasteiger partial charge >= 0.3 is 12.0 Å². The van der Waals surface area contributed by atoms with E-state index in [1.165, 1.54) is 12.8 Å². The zero-order valence-corrected chi connectivity index (χ0v) is 13.6. The normalized spacial score (nSPS) is 16.3. The Morgan fingerprint density at radius 2 is 2.16 bits per heavy atom. The van der Waals surface area contributed by atoms with E-state index in [-0.39, 0.29) is 6.04 Å². The zero-order chi connectivity index (χ0) is 17.4. The molecule has 3 aromatic heterocycles. The molecule has 1 aliphatic rings. The maximum absolute atomic E-state index is 12.3. The van der Waals surface area contributed by atoms with Crippen LogP contribution in [-0.2, 0) is 0 Å². The third-order valence-corrected chi connectivity index (χ3v) is 5.09. The van der Waals surface area contributed by atoms with Crippen LogP contribution in [0.2, 0.25) is 0 Å². The second kappa shape index (κ2) is 6.09. The molecule has 8 nitrogen and oxygen atoms in total. The van der Waals surface area contributed by atoms with E-state index in [2.05, 4.69) is 16.2 Å². The summed E-state index contributed by atoms with van der Waals surface area (Å²) in [7, 11) is 0. The molecule has 1 saturated carbocycles. The van der Waals surface area contributed by atoms with Crippen molar-refractivity contribution >= 4 is 11.0 Å². The predicted octanol–water partition coefficient (Wildman–Crippen LogP) is 1.94. The number of aromatic nitrogens is 5. The van der Waals surface area contributed by atoms with Crippen LogP contribution in [0.3, 0.4) is 0 Å². The van der Waals surface area contributed by atoms with Crippen molar-refractivity contribution in [1.29, 1.82) is 5.26 Å². The van der Waals surface area contributed by atoms with Gasteiger partial charge in [0.05, 0.1) is 30.3 Å². The van der Waals surface area contributed by atoms with E-state index in [1.807, 2.05) is 10.9 Å². The third-order valence-electron chi connectivity index (χ3n) is 5.09. The minimum atomic E-state index is 0.0243. The molecular weight excluding hydrogens is 320 g/mol. The van der Waals surface area contributed by atoms with Crippen molar-refractivity contribution in [2.75, 3.05) is 0 Å². The Labute approximate surface area is 144 Å². The molecule has 1 N–H and O–H groups in total. The lowest BCUT2D eigenvalue weighted by atomic mass is 9.96. The van der Waals surface area contributed by atoms with Crippen molar-refractivity contribution in [3.05, 3.63) is 41.4 Å². The van der Waals surface area contributed by atoms with Crippen LogP contribution in [0.15, 0.2) is 31.0 Å². The van der Waals surface area contributed by atoms with Crippen molar-refractivity contribution in [2.24, 2.45) is 5.92 Å². The van der Waals surface area contributed by atoms with Gasteiger partial charge in [-0.05, 0) is 18.8 Å². The van der Waals surface area contributed by atoms with Gasteiger partial charge in [0.15, 0.2) is 5.69 Å². The molecule has 0 saturated heterocycles. The number of rotatable bonds is 4. The summed E-state index contributed by atoms with van der Waals surface area (Å²) < 4.78 is 2.90. The molecule has 3 aromatic rings. The highest BCUT2D eigenvalue weighted by Crippen LogP contribution is 2.36. The highest BCUT2D eigenvalue weighted by molar-refractivity contribution is 5.86. The largest absolute Gasteiger partial charge is 0.679 e. The molecule has 1 fully saturated rings. The van der Waals surface area contributed by atoms with Gasteiger partial charge in [-0.15, -0.1) is 0 Å². The lowest BCUT2D eigenvalue weighted by Crippen LogP contribution is -2.42. The first-order chi connectivity index (χ1) is 12.2. The highest BCUT2D eigenvalue weighted by atomic mass is 16.5. The number of hydrogen-bond donors (Lipinski definition) is 1. The molecule has 4 rings (SSSR count). The van der Waals surface area contributed by atoms with E-state index in [1.54, 1.807) is 18.5 Å². The standard InChI is InChI=1S/C17H18N6O2/c18-7-5-15(12-3-1-2-4-12)21-10-13(9-20-21)16-14-6-8-19-17(14)23(25)11-22(16)24/h6,8-12,15,19H,1-5H2/t15-/m1/s1. The fraction of sp³-hybridized carbons (Fsp3) is 0.412. The smallest absolute Gasteiger partial charge is 0.356 e. The molecule has 0 spiro atoms. The van der Waals surface area contributed by atoms with Crippen LogP contribution in [0.1, 0.15) is 38.1 Å². The molecule has 0 unspecified atom stereocenters. The van der Waals surface area contributed by atoms with Crippen molar-refractivity contribution in [2.45, 2.75) is 38.1 Å². The molecule has 0 bridgehead atoms. The zero-order valence-electron chi connectivity index (χ0n) is 13.6. The molecule has 0 aliphatic heterocycles. The van der Waals surface area contributed by atoms with Crippen molar-refractivity contribution in [3.8, 4) is 17.3 Å². The van der Waals surface area contributed by atoms with Gasteiger partial charge < -0.3 is 10.4 Å². The molecular formula is C17H18N6O2. The molecule has 1 atom stereocenters. The molecule has 1 aliphatic carbocycles. The van der Waals surface area contributed by atoms with E-state index in [4.69, 9.17) is 0 Å². The third kappa shape index (κ3) is 2.58. The molecule has 0 radical (unpaired) electrons. The highest BCUT2D eigenvalue weighted by Gasteiger charge is 2.28. The number of nitriles is 1. The Bertz CT molecular complexity index is 948. The number of fused-ring (bicyclic) bond motifs is 1. The van der Waals surface area contributed by atoms with E-state index in [9.17, 15) is 15.7 Å². The Kier molecular flexibility index (Phi) is 3.76. The summed E-state index contributed by atoms with van der Waals surface area (Å²) in [5.41, 5.74) is 1.36. The average Bonchev–Trinajstić information content (AvgIpc) is 3.34. The predicted molar refractivity (Wildman–Crippen MR) is 88.7 cm³/mol. The van der Waals surface area contributed by atoms with Gasteiger partial charge in [-0.25, -0.2) is 4.98 Å². The fourth-order valence-corrected chi connectivity index (χ4v) is 3.90. The minimum absolute atomic E-state index is 0.0243. The minimum Gasteiger partial charge on any atom is -0.679 e. The molecule has 128 valence electrons. The first-order valence-electron chi connectivity index (χ1n) is 8.43. The van der Waals surface area contributed by atoms with Crippen molar-refractivity contribution in [3.63, 3.8) is 0 Å². The summed E-state index contributed by atoms with van der Waals surface area (Å²) in [4.78, 5) is 2.85. The number of aromatic amines is 1. The van der Waals surface area contributed by atoms with Crippen LogP contribution >= 0.6 is 0 Å². The van der Waals surface area contributed by atoms with Crippen LogP contribution < -0.4 is 9.46 Å². The van der Waals surface area contributed by atoms with Crippen LogP contribution in [0.25, 0.3) is 22.3 Å². The van der Waals surface area contributed by atoms with Gasteiger partial charge in [0, 0.05) is 12.3 Å². The second-order valence-corrected chi connectivity index (χ2v) is 6.54. The lowest BCUT2D eigenvalue weighted by Gasteiger charge is -2.21. The molecule has 0 amide bonds. The quantitative estimate of drug-likeness (QED) is 0.578. The summed E-state index contributed by atoms with van der Waals surface area (Å²) in [5, 5.41) is 38.3. The Balaban J connectivity index is 1.76. The summed E-state index contributed by atoms with van der Waals surface area (Å²) in [6, 6.07) is 3.99. The van der Waals surface area contributed by atoms with Gasteiger partial charge in [0.25, 0.3) is 0 Å². The molecule has 8 heteroatoms. The molecule has 3 heterocycles. The van der Waals surface area contributed by atoms with Gasteiger partial charge in [0.1, 0.15) is 11.6 Å². The van der Waals surface area contributed by atoms with Crippen LogP contribution in [0, 0.1) is 27.7 Å². The summed E-state index contributed by atoms with van der Waals surface area (Å²) in [6.07, 6.45) is 11.0. The number of hydrogen-bond acceptors (Lipinski definition) is 4. The topological polar surface area (TPSA) is 111 Å². The first-order valence-corrected chi connectivity index (χ1v) is 8.43. The second-order valence-electron chi connectivity index (χ2n) is 6.54. The maximum atomic E-state index is 12.3. The Hall–Kier alpha value is -3.08. The van der Waals surface area contributed by atoms with E-state index >= 15 is 0 Å². The van der Waals surface area contributed by atoms with E-state index in [0.29, 0.717) is 44.1 Å². The summed E-state index contributed by atoms with van der Waals surface area (Å²) in [6.45, 7) is 0. The van der Waals surface area contributed by atoms with Crippen molar-refractivity contribution < 1.29 is 9.46 Å². The summed E-state index contributed by atoms with van der Waals surface area (Å²) >= 11 is 0. The Morgan fingerprint density at radius 3 is 2.92 bits per heavy atom. The number of H-pyrrole nitrogens is 1. The number of nitrogens with one attached hydrogen (secondary N) is 1. The average molecular weight is 338 g/mol. The van der Waals surface area contributed by atoms with E-state index in [0.717, 1.165) is 19.2 Å². The number of nitrogens with zero attached hydrogens (tertiary/aromatic N) is 5. The van der Waals surface area contributed by atoms with Crippen LogP contribution in [0.5, 0.6) is 0 Å². The maximum Gasteiger partial charge on any atom is 0.356 e. The monoisotopic (exact) mass is 338 g/mol. The SMILES string of the molecule is N#CC[C@H](C1CCCC1)n1cc(-c2c3cc[nH]c3[n+]([O-])c[n+]2[O-])cn1. The fourth-order valence-electron chi connectivity index (χ4n) is 3.90. The molecule has 0 aromatic carbocycles. The summed E-state index contributed by atoms with van der Waals surface area (Å²) in [5.74, 6) is 0.443. The van der Waals surface area contributed by atoms with Gasteiger partial charge in [-0.2, -0.15) is 19.8 Å². The van der Waals surface area contributed by atoms with E-state index < -0.39 is 0 Å². The van der Waals surface area contributed by atoms with Crippen LogP contribution in [-0.4, -0.2) is 14.8 Å². The Morgan fingerprint density at radius 1 is 1.36 bits per heavy atom. The lowest BCUT2D eigenvalue weighted by molar-refractivity contribution is -0.725. The van der Waals surface area contributed by atoms with Gasteiger partial charge in [0.2, 0.25) is 0 Å². The van der Waals surface area contributed by atoms with Gasteiger partial charge in [-0.3, -0.25) is 4.68 Å². The molecule has 25 heavy (non-hydrogen) atoms. The first kappa shape index (κ1) is 15.4. The van der Waals surface area contributed by atoms with Crippen molar-refractivity contribution in [1.82, 2.24) is 14.8 Å². The van der Waals surface area contributed by atoms with Crippen LogP contribution in [0.4, 0.5) is 0 Å². The van der Waals surface area contributed by atoms with Gasteiger partial charge in [-0.1, -0.05) is 12.8 Å².